The van der Waals surface area contributed by atoms with Crippen LogP contribution >= 0.6 is 0 Å². The van der Waals surface area contributed by atoms with Gasteiger partial charge in [-0.15, -0.1) is 0 Å². The maximum absolute atomic E-state index is 2.27. The molecule has 1 heteroatoms. The van der Waals surface area contributed by atoms with Crippen molar-refractivity contribution in [1.29, 1.82) is 0 Å². The van der Waals surface area contributed by atoms with Gasteiger partial charge in [0.25, 0.3) is 0 Å². The molecule has 0 bridgehead atoms. The summed E-state index contributed by atoms with van der Waals surface area (Å²) in [6.45, 7) is 0. The highest BCUT2D eigenvalue weighted by atomic mass is 32.2. The minimum Gasteiger partial charge on any atom is -0.0622 e. The molecule has 0 heterocycles. The summed E-state index contributed by atoms with van der Waals surface area (Å²) in [6, 6.07) is 41.1. The molecule has 0 aliphatic heterocycles. The molecule has 0 unspecified atom stereocenters. The van der Waals surface area contributed by atoms with Crippen molar-refractivity contribution in [3.63, 3.8) is 0 Å². The van der Waals surface area contributed by atoms with Crippen molar-refractivity contribution in [2.45, 2.75) is 14.7 Å². The summed E-state index contributed by atoms with van der Waals surface area (Å²) in [5.41, 5.74) is 2.57. The molecule has 0 N–H and O–H groups in total. The SMILES string of the molecule is c1ccc(-c2ccccc2[S+](c2ccccc2)c2ccccc2)cc1. The van der Waals surface area contributed by atoms with Gasteiger partial charge in [-0.25, -0.2) is 0 Å². The molecule has 25 heavy (non-hydrogen) atoms. The van der Waals surface area contributed by atoms with Crippen LogP contribution in [0.1, 0.15) is 0 Å². The lowest BCUT2D eigenvalue weighted by Gasteiger charge is -2.12. The maximum atomic E-state index is 2.27. The van der Waals surface area contributed by atoms with Crippen LogP contribution in [0.25, 0.3) is 11.1 Å². The second kappa shape index (κ2) is 7.42. The smallest absolute Gasteiger partial charge is 0.0622 e. The van der Waals surface area contributed by atoms with Gasteiger partial charge in [0.05, 0.1) is 10.9 Å². The van der Waals surface area contributed by atoms with Crippen LogP contribution in [-0.2, 0) is 10.9 Å². The Morgan fingerprint density at radius 3 is 1.40 bits per heavy atom. The minimum absolute atomic E-state index is 0.127. The van der Waals surface area contributed by atoms with Crippen molar-refractivity contribution in [2.24, 2.45) is 0 Å². The van der Waals surface area contributed by atoms with E-state index >= 15 is 0 Å². The van der Waals surface area contributed by atoms with Gasteiger partial charge in [0.15, 0.2) is 14.7 Å². The zero-order valence-corrected chi connectivity index (χ0v) is 14.7. The molecule has 0 radical (unpaired) electrons. The second-order valence-electron chi connectivity index (χ2n) is 5.79. The standard InChI is InChI=1S/C24H19S/c1-4-12-20(13-5-1)23-18-10-11-19-24(23)25(21-14-6-2-7-15-21)22-16-8-3-9-17-22/h1-19H/q+1. The Hall–Kier alpha value is -2.77. The third-order valence-corrected chi connectivity index (χ3v) is 6.43. The summed E-state index contributed by atoms with van der Waals surface area (Å²) >= 11 is 0. The first kappa shape index (κ1) is 15.7. The fourth-order valence-corrected chi connectivity index (χ4v) is 5.26. The van der Waals surface area contributed by atoms with Crippen LogP contribution in [0.5, 0.6) is 0 Å². The number of hydrogen-bond donors (Lipinski definition) is 0. The van der Waals surface area contributed by atoms with Crippen LogP contribution in [0.15, 0.2) is 130 Å². The van der Waals surface area contributed by atoms with Crippen LogP contribution < -0.4 is 0 Å². The van der Waals surface area contributed by atoms with Gasteiger partial charge in [0.1, 0.15) is 0 Å². The highest BCUT2D eigenvalue weighted by molar-refractivity contribution is 7.97. The molecule has 0 amide bonds. The number of hydrogen-bond acceptors (Lipinski definition) is 0. The Morgan fingerprint density at radius 1 is 0.400 bits per heavy atom. The summed E-state index contributed by atoms with van der Waals surface area (Å²) in [7, 11) is -0.127. The van der Waals surface area contributed by atoms with Crippen molar-refractivity contribution < 1.29 is 0 Å². The number of benzene rings is 4. The summed E-state index contributed by atoms with van der Waals surface area (Å²) in [4.78, 5) is 4.06. The minimum atomic E-state index is -0.127. The first-order valence-corrected chi connectivity index (χ1v) is 9.65. The van der Waals surface area contributed by atoms with Crippen molar-refractivity contribution in [1.82, 2.24) is 0 Å². The maximum Gasteiger partial charge on any atom is 0.174 e. The van der Waals surface area contributed by atoms with E-state index in [-0.39, 0.29) is 10.9 Å². The largest absolute Gasteiger partial charge is 0.174 e. The Bertz CT molecular complexity index is 892. The third-order valence-electron chi connectivity index (χ3n) is 4.15. The highest BCUT2D eigenvalue weighted by Gasteiger charge is 2.30. The van der Waals surface area contributed by atoms with Crippen LogP contribution in [-0.4, -0.2) is 0 Å². The van der Waals surface area contributed by atoms with Gasteiger partial charge < -0.3 is 0 Å². The Balaban J connectivity index is 1.93. The molecule has 0 nitrogen and oxygen atoms in total. The molecule has 4 aromatic rings. The predicted molar refractivity (Wildman–Crippen MR) is 107 cm³/mol. The lowest BCUT2D eigenvalue weighted by Crippen LogP contribution is -2.06. The van der Waals surface area contributed by atoms with E-state index in [0.717, 1.165) is 0 Å². The van der Waals surface area contributed by atoms with E-state index in [1.54, 1.807) is 0 Å². The summed E-state index contributed by atoms with van der Waals surface area (Å²) < 4.78 is 0. The first-order valence-electron chi connectivity index (χ1n) is 8.42. The summed E-state index contributed by atoms with van der Waals surface area (Å²) in [5.74, 6) is 0. The van der Waals surface area contributed by atoms with E-state index in [9.17, 15) is 0 Å². The van der Waals surface area contributed by atoms with Gasteiger partial charge in [-0.05, 0) is 42.0 Å². The second-order valence-corrected chi connectivity index (χ2v) is 7.79. The molecular weight excluding hydrogens is 320 g/mol. The van der Waals surface area contributed by atoms with E-state index in [0.29, 0.717) is 0 Å². The molecule has 0 aliphatic carbocycles. The quantitative estimate of drug-likeness (QED) is 0.375. The third kappa shape index (κ3) is 3.38. The van der Waals surface area contributed by atoms with Crippen molar-refractivity contribution >= 4 is 10.9 Å². The monoisotopic (exact) mass is 339 g/mol. The van der Waals surface area contributed by atoms with Crippen molar-refractivity contribution in [2.75, 3.05) is 0 Å². The van der Waals surface area contributed by atoms with Crippen LogP contribution in [0.4, 0.5) is 0 Å². The summed E-state index contributed by atoms with van der Waals surface area (Å²) in [5, 5.41) is 0. The van der Waals surface area contributed by atoms with Gasteiger partial charge >= 0.3 is 0 Å². The topological polar surface area (TPSA) is 0 Å². The van der Waals surface area contributed by atoms with E-state index < -0.39 is 0 Å². The lowest BCUT2D eigenvalue weighted by molar-refractivity contribution is 1.32. The van der Waals surface area contributed by atoms with Gasteiger partial charge in [-0.1, -0.05) is 78.9 Å². The Kier molecular flexibility index (Phi) is 4.67. The van der Waals surface area contributed by atoms with Crippen LogP contribution in [0, 0.1) is 0 Å². The molecular formula is C24H19S+. The van der Waals surface area contributed by atoms with E-state index in [4.69, 9.17) is 0 Å². The van der Waals surface area contributed by atoms with Gasteiger partial charge in [0, 0.05) is 5.56 Å². The van der Waals surface area contributed by atoms with Crippen LogP contribution in [0.2, 0.25) is 0 Å². The van der Waals surface area contributed by atoms with E-state index in [1.807, 2.05) is 0 Å². The molecule has 120 valence electrons. The fraction of sp³-hybridized carbons (Fsp3) is 0. The molecule has 0 aromatic heterocycles. The molecule has 0 atom stereocenters. The fourth-order valence-electron chi connectivity index (χ4n) is 3.00. The van der Waals surface area contributed by atoms with E-state index in [2.05, 4.69) is 115 Å². The molecule has 0 saturated carbocycles. The van der Waals surface area contributed by atoms with Gasteiger partial charge in [0.2, 0.25) is 0 Å². The average molecular weight is 339 g/mol. The van der Waals surface area contributed by atoms with Gasteiger partial charge in [-0.2, -0.15) is 0 Å². The summed E-state index contributed by atoms with van der Waals surface area (Å²) in [6.07, 6.45) is 0. The highest BCUT2D eigenvalue weighted by Crippen LogP contribution is 2.37. The Labute approximate surface area is 152 Å². The van der Waals surface area contributed by atoms with Crippen molar-refractivity contribution in [3.8, 4) is 11.1 Å². The molecule has 4 rings (SSSR count). The molecule has 4 aromatic carbocycles. The van der Waals surface area contributed by atoms with E-state index in [1.165, 1.54) is 25.8 Å². The van der Waals surface area contributed by atoms with Crippen molar-refractivity contribution in [3.05, 3.63) is 115 Å². The first-order chi connectivity index (χ1) is 12.4. The molecule has 0 saturated heterocycles. The van der Waals surface area contributed by atoms with Crippen LogP contribution in [0.3, 0.4) is 0 Å². The zero-order valence-electron chi connectivity index (χ0n) is 13.9. The molecule has 0 spiro atoms. The normalized spacial score (nSPS) is 10.8. The zero-order chi connectivity index (χ0) is 16.9. The number of rotatable bonds is 4. The molecule has 0 fully saturated rings. The Morgan fingerprint density at radius 2 is 0.840 bits per heavy atom. The molecule has 0 aliphatic rings. The average Bonchev–Trinajstić information content (AvgIpc) is 2.71. The predicted octanol–water partition coefficient (Wildman–Crippen LogP) is 6.45. The lowest BCUT2D eigenvalue weighted by atomic mass is 10.1. The van der Waals surface area contributed by atoms with Gasteiger partial charge in [-0.3, -0.25) is 0 Å².